The lowest BCUT2D eigenvalue weighted by Crippen LogP contribution is -2.41. The number of fused-ring (bicyclic) bond motifs is 1. The molecule has 1 amide bonds. The highest BCUT2D eigenvalue weighted by molar-refractivity contribution is 8.01. The number of carboxylic acid groups (broad SMARTS) is 1. The number of aliphatic carboxylic acids is 1. The van der Waals surface area contributed by atoms with E-state index in [9.17, 15) is 9.59 Å². The SMILES string of the molecule is Cc1cccc2c1N(Cc1ccc(Cl)c(Cl)c1)C(=O)C(CC(=O)O)S2. The van der Waals surface area contributed by atoms with Gasteiger partial charge in [0.2, 0.25) is 5.91 Å². The molecule has 1 heterocycles. The topological polar surface area (TPSA) is 57.6 Å². The van der Waals surface area contributed by atoms with E-state index in [0.29, 0.717) is 16.6 Å². The van der Waals surface area contributed by atoms with Crippen LogP contribution in [0.1, 0.15) is 17.5 Å². The molecule has 0 saturated carbocycles. The van der Waals surface area contributed by atoms with Gasteiger partial charge in [-0.05, 0) is 36.2 Å². The van der Waals surface area contributed by atoms with E-state index in [-0.39, 0.29) is 12.3 Å². The Labute approximate surface area is 159 Å². The third-order valence-electron chi connectivity index (χ3n) is 3.97. The Morgan fingerprint density at radius 3 is 2.68 bits per heavy atom. The van der Waals surface area contributed by atoms with Crippen LogP contribution in [0, 0.1) is 6.92 Å². The lowest BCUT2D eigenvalue weighted by molar-refractivity contribution is -0.138. The molecule has 2 aromatic carbocycles. The predicted octanol–water partition coefficient (Wildman–Crippen LogP) is 4.78. The zero-order chi connectivity index (χ0) is 18.1. The van der Waals surface area contributed by atoms with Crippen LogP contribution in [0.3, 0.4) is 0 Å². The maximum Gasteiger partial charge on any atom is 0.305 e. The van der Waals surface area contributed by atoms with Crippen LogP contribution in [0.15, 0.2) is 41.3 Å². The number of amides is 1. The molecule has 0 saturated heterocycles. The molecule has 130 valence electrons. The minimum Gasteiger partial charge on any atom is -0.481 e. The Balaban J connectivity index is 2.01. The smallest absolute Gasteiger partial charge is 0.305 e. The van der Waals surface area contributed by atoms with Crippen LogP contribution < -0.4 is 4.90 Å². The highest BCUT2D eigenvalue weighted by atomic mass is 35.5. The number of benzene rings is 2. The fourth-order valence-corrected chi connectivity index (χ4v) is 4.45. The lowest BCUT2D eigenvalue weighted by Gasteiger charge is -2.34. The first-order valence-corrected chi connectivity index (χ1v) is 9.23. The van der Waals surface area contributed by atoms with Crippen LogP contribution in [0.2, 0.25) is 10.0 Å². The average molecular weight is 396 g/mol. The van der Waals surface area contributed by atoms with E-state index in [1.807, 2.05) is 31.2 Å². The van der Waals surface area contributed by atoms with Crippen LogP contribution in [0.25, 0.3) is 0 Å². The zero-order valence-corrected chi connectivity index (χ0v) is 15.7. The maximum absolute atomic E-state index is 12.9. The van der Waals surface area contributed by atoms with E-state index in [1.165, 1.54) is 11.8 Å². The Morgan fingerprint density at radius 1 is 1.24 bits per heavy atom. The van der Waals surface area contributed by atoms with Crippen molar-refractivity contribution in [2.24, 2.45) is 0 Å². The number of carboxylic acids is 1. The summed E-state index contributed by atoms with van der Waals surface area (Å²) < 4.78 is 0. The monoisotopic (exact) mass is 395 g/mol. The molecular formula is C18H15Cl2NO3S. The summed E-state index contributed by atoms with van der Waals surface area (Å²) in [4.78, 5) is 26.6. The minimum absolute atomic E-state index is 0.208. The molecule has 0 bridgehead atoms. The van der Waals surface area contributed by atoms with E-state index in [2.05, 4.69) is 0 Å². The largest absolute Gasteiger partial charge is 0.481 e. The molecule has 1 aliphatic heterocycles. The van der Waals surface area contributed by atoms with Gasteiger partial charge in [0.25, 0.3) is 0 Å². The van der Waals surface area contributed by atoms with Gasteiger partial charge in [0.15, 0.2) is 0 Å². The standard InChI is InChI=1S/C18H15Cl2NO3S/c1-10-3-2-4-14-17(10)21(18(24)15(25-14)8-16(22)23)9-11-5-6-12(19)13(20)7-11/h2-7,15H,8-9H2,1H3,(H,22,23). The number of carbonyl (C=O) groups is 2. The Kier molecular flexibility index (Phi) is 5.27. The summed E-state index contributed by atoms with van der Waals surface area (Å²) in [5.41, 5.74) is 2.62. The van der Waals surface area contributed by atoms with Gasteiger partial charge >= 0.3 is 5.97 Å². The number of anilines is 1. The third kappa shape index (κ3) is 3.78. The van der Waals surface area contributed by atoms with Crippen LogP contribution in [-0.4, -0.2) is 22.2 Å². The average Bonchev–Trinajstić information content (AvgIpc) is 2.54. The molecule has 4 nitrogen and oxygen atoms in total. The van der Waals surface area contributed by atoms with Crippen molar-refractivity contribution in [1.29, 1.82) is 0 Å². The number of carbonyl (C=O) groups excluding carboxylic acids is 1. The second-order valence-electron chi connectivity index (χ2n) is 5.80. The molecule has 0 spiro atoms. The van der Waals surface area contributed by atoms with Gasteiger partial charge in [-0.3, -0.25) is 9.59 Å². The van der Waals surface area contributed by atoms with Crippen LogP contribution >= 0.6 is 35.0 Å². The normalized spacial score (nSPS) is 16.7. The van der Waals surface area contributed by atoms with Crippen molar-refractivity contribution in [3.05, 3.63) is 57.6 Å². The molecule has 0 fully saturated rings. The van der Waals surface area contributed by atoms with Crippen molar-refractivity contribution in [3.8, 4) is 0 Å². The molecule has 3 rings (SSSR count). The fraction of sp³-hybridized carbons (Fsp3) is 0.222. The van der Waals surface area contributed by atoms with Gasteiger partial charge < -0.3 is 10.0 Å². The van der Waals surface area contributed by atoms with Crippen molar-refractivity contribution in [1.82, 2.24) is 0 Å². The van der Waals surface area contributed by atoms with Crippen LogP contribution in [0.5, 0.6) is 0 Å². The van der Waals surface area contributed by atoms with Gasteiger partial charge in [-0.25, -0.2) is 0 Å². The van der Waals surface area contributed by atoms with Crippen LogP contribution in [-0.2, 0) is 16.1 Å². The third-order valence-corrected chi connectivity index (χ3v) is 5.94. The van der Waals surface area contributed by atoms with Gasteiger partial charge in [0.05, 0.1) is 33.9 Å². The number of para-hydroxylation sites is 1. The molecule has 1 N–H and O–H groups in total. The number of hydrogen-bond acceptors (Lipinski definition) is 3. The quantitative estimate of drug-likeness (QED) is 0.808. The molecule has 1 aliphatic rings. The highest BCUT2D eigenvalue weighted by Gasteiger charge is 2.35. The van der Waals surface area contributed by atoms with E-state index < -0.39 is 11.2 Å². The molecule has 2 aromatic rings. The second kappa shape index (κ2) is 7.28. The summed E-state index contributed by atoms with van der Waals surface area (Å²) in [5, 5.41) is 9.34. The molecule has 1 atom stereocenters. The summed E-state index contributed by atoms with van der Waals surface area (Å²) in [6.45, 7) is 2.25. The number of rotatable bonds is 4. The number of thioether (sulfide) groups is 1. The molecular weight excluding hydrogens is 381 g/mol. The number of nitrogens with zero attached hydrogens (tertiary/aromatic N) is 1. The first kappa shape index (κ1) is 18.1. The zero-order valence-electron chi connectivity index (χ0n) is 13.3. The first-order chi connectivity index (χ1) is 11.9. The molecule has 25 heavy (non-hydrogen) atoms. The number of halogens is 2. The van der Waals surface area contributed by atoms with E-state index in [4.69, 9.17) is 28.3 Å². The van der Waals surface area contributed by atoms with Crippen molar-refractivity contribution in [2.75, 3.05) is 4.90 Å². The molecule has 0 aliphatic carbocycles. The summed E-state index contributed by atoms with van der Waals surface area (Å²) in [6, 6.07) is 11.0. The van der Waals surface area contributed by atoms with Gasteiger partial charge in [-0.2, -0.15) is 0 Å². The Morgan fingerprint density at radius 2 is 2.00 bits per heavy atom. The first-order valence-electron chi connectivity index (χ1n) is 7.60. The molecule has 1 unspecified atom stereocenters. The fourth-order valence-electron chi connectivity index (χ4n) is 2.83. The van der Waals surface area contributed by atoms with E-state index in [1.54, 1.807) is 17.0 Å². The van der Waals surface area contributed by atoms with Gasteiger partial charge in [0.1, 0.15) is 0 Å². The van der Waals surface area contributed by atoms with Gasteiger partial charge in [-0.1, -0.05) is 41.4 Å². The van der Waals surface area contributed by atoms with Crippen molar-refractivity contribution in [2.45, 2.75) is 30.0 Å². The summed E-state index contributed by atoms with van der Waals surface area (Å²) >= 11 is 13.3. The molecule has 0 aromatic heterocycles. The maximum atomic E-state index is 12.9. The van der Waals surface area contributed by atoms with E-state index >= 15 is 0 Å². The van der Waals surface area contributed by atoms with Crippen molar-refractivity contribution in [3.63, 3.8) is 0 Å². The molecule has 7 heteroatoms. The minimum atomic E-state index is -0.989. The van der Waals surface area contributed by atoms with Crippen LogP contribution in [0.4, 0.5) is 5.69 Å². The van der Waals surface area contributed by atoms with E-state index in [0.717, 1.165) is 21.7 Å². The lowest BCUT2D eigenvalue weighted by atomic mass is 10.1. The van der Waals surface area contributed by atoms with Crippen molar-refractivity contribution >= 4 is 52.5 Å². The number of hydrogen-bond donors (Lipinski definition) is 1. The number of aryl methyl sites for hydroxylation is 1. The summed E-state index contributed by atoms with van der Waals surface area (Å²) in [7, 11) is 0. The predicted molar refractivity (Wildman–Crippen MR) is 101 cm³/mol. The Bertz CT molecular complexity index is 856. The van der Waals surface area contributed by atoms with Crippen molar-refractivity contribution < 1.29 is 14.7 Å². The van der Waals surface area contributed by atoms with Gasteiger partial charge in [0, 0.05) is 4.90 Å². The van der Waals surface area contributed by atoms with Gasteiger partial charge in [-0.15, -0.1) is 11.8 Å². The molecule has 0 radical (unpaired) electrons. The Hall–Kier alpha value is -1.69. The highest BCUT2D eigenvalue weighted by Crippen LogP contribution is 2.43. The summed E-state index contributed by atoms with van der Waals surface area (Å²) in [6.07, 6.45) is -0.214. The summed E-state index contributed by atoms with van der Waals surface area (Å²) in [5.74, 6) is -1.20. The second-order valence-corrected chi connectivity index (χ2v) is 7.86.